The fraction of sp³-hybridized carbons (Fsp3) is 0.0556. The first kappa shape index (κ1) is 14.9. The van der Waals surface area contributed by atoms with Gasteiger partial charge in [0.15, 0.2) is 0 Å². The number of carbonyl (C=O) groups excluding carboxylic acids is 1. The summed E-state index contributed by atoms with van der Waals surface area (Å²) in [5, 5.41) is 0.507. The first-order chi connectivity index (χ1) is 12.0. The number of nitrogens with zero attached hydrogens (tertiary/aromatic N) is 2. The lowest BCUT2D eigenvalue weighted by Gasteiger charge is -2.17. The summed E-state index contributed by atoms with van der Waals surface area (Å²) in [6.45, 7) is 0. The van der Waals surface area contributed by atoms with Crippen LogP contribution < -0.4 is 22.6 Å². The summed E-state index contributed by atoms with van der Waals surface area (Å²) in [6.07, 6.45) is 0. The Bertz CT molecular complexity index is 1170. The van der Waals surface area contributed by atoms with Crippen molar-refractivity contribution in [1.82, 2.24) is 9.36 Å². The molecule has 0 saturated carbocycles. The smallest absolute Gasteiger partial charge is 0.279 e. The highest BCUT2D eigenvalue weighted by Crippen LogP contribution is 2.32. The first-order valence-corrected chi connectivity index (χ1v) is 7.63. The number of nitrogens with two attached hydrogens (primary N) is 2. The molecule has 0 aliphatic carbocycles. The van der Waals surface area contributed by atoms with Crippen LogP contribution in [0.5, 0.6) is 0 Å². The number of rotatable bonds is 2. The van der Waals surface area contributed by atoms with Gasteiger partial charge in [-0.1, -0.05) is 42.5 Å². The van der Waals surface area contributed by atoms with Crippen molar-refractivity contribution in [2.45, 2.75) is 6.04 Å². The maximum Gasteiger partial charge on any atom is 0.279 e. The molecule has 4 N–H and O–H groups in total. The first-order valence-electron chi connectivity index (χ1n) is 7.63. The second kappa shape index (κ2) is 5.20. The molecule has 3 aromatic rings. The standard InChI is InChI=1S/C18H14N4O3/c19-15-13(16(20)23)14(10-6-2-1-3-7-10)21-17(24)11-8-4-5-9-12(11)18(25)22(15)21/h1-9,14H,19H2,(H2,20,23). The molecule has 1 aliphatic rings. The van der Waals surface area contributed by atoms with Gasteiger partial charge in [0.25, 0.3) is 17.0 Å². The Labute approximate surface area is 141 Å². The van der Waals surface area contributed by atoms with Crippen molar-refractivity contribution in [2.24, 2.45) is 11.5 Å². The summed E-state index contributed by atoms with van der Waals surface area (Å²) in [5.41, 5.74) is 11.4. The predicted molar refractivity (Wildman–Crippen MR) is 93.6 cm³/mol. The number of benzene rings is 2. The van der Waals surface area contributed by atoms with E-state index in [0.29, 0.717) is 5.56 Å². The Morgan fingerprint density at radius 2 is 1.44 bits per heavy atom. The summed E-state index contributed by atoms with van der Waals surface area (Å²) in [7, 11) is 0. The van der Waals surface area contributed by atoms with Gasteiger partial charge < -0.3 is 11.5 Å². The van der Waals surface area contributed by atoms with E-state index in [0.717, 1.165) is 4.68 Å². The number of aromatic nitrogens is 2. The number of amides is 1. The quantitative estimate of drug-likeness (QED) is 0.705. The van der Waals surface area contributed by atoms with Crippen LogP contribution >= 0.6 is 0 Å². The fourth-order valence-corrected chi connectivity index (χ4v) is 3.32. The van der Waals surface area contributed by atoms with Gasteiger partial charge in [-0.05, 0) is 17.7 Å². The molecule has 7 nitrogen and oxygen atoms in total. The zero-order chi connectivity index (χ0) is 17.7. The van der Waals surface area contributed by atoms with Gasteiger partial charge in [-0.2, -0.15) is 4.68 Å². The van der Waals surface area contributed by atoms with Crippen molar-refractivity contribution in [3.8, 4) is 0 Å². The molecule has 1 atom stereocenters. The van der Waals surface area contributed by atoms with Crippen molar-refractivity contribution >= 4 is 22.5 Å². The maximum atomic E-state index is 13.0. The minimum absolute atomic E-state index is 0.0284. The molecule has 7 heteroatoms. The Morgan fingerprint density at radius 3 is 2.04 bits per heavy atom. The minimum Gasteiger partial charge on any atom is -0.383 e. The molecule has 0 radical (unpaired) electrons. The maximum absolute atomic E-state index is 13.0. The Kier molecular flexibility index (Phi) is 3.11. The highest BCUT2D eigenvalue weighted by Gasteiger charge is 2.36. The average molecular weight is 334 g/mol. The third kappa shape index (κ3) is 1.96. The summed E-state index contributed by atoms with van der Waals surface area (Å²) in [6, 6.07) is 14.5. The van der Waals surface area contributed by atoms with Crippen LogP contribution in [0.25, 0.3) is 16.6 Å². The van der Waals surface area contributed by atoms with Gasteiger partial charge >= 0.3 is 0 Å². The van der Waals surface area contributed by atoms with E-state index in [-0.39, 0.29) is 22.2 Å². The van der Waals surface area contributed by atoms with Crippen molar-refractivity contribution in [1.29, 1.82) is 0 Å². The van der Waals surface area contributed by atoms with Crippen molar-refractivity contribution < 1.29 is 4.79 Å². The van der Waals surface area contributed by atoms with Crippen molar-refractivity contribution in [3.63, 3.8) is 0 Å². The number of carbonyl (C=O) groups is 1. The van der Waals surface area contributed by atoms with Gasteiger partial charge in [0.2, 0.25) is 0 Å². The second-order valence-corrected chi connectivity index (χ2v) is 5.79. The zero-order valence-electron chi connectivity index (χ0n) is 13.0. The van der Waals surface area contributed by atoms with Crippen LogP contribution in [0.1, 0.15) is 11.6 Å². The van der Waals surface area contributed by atoms with E-state index < -0.39 is 23.1 Å². The van der Waals surface area contributed by atoms with E-state index in [2.05, 4.69) is 0 Å². The van der Waals surface area contributed by atoms with Gasteiger partial charge in [0.05, 0.1) is 16.3 Å². The van der Waals surface area contributed by atoms with Crippen LogP contribution in [0.2, 0.25) is 0 Å². The van der Waals surface area contributed by atoms with E-state index in [9.17, 15) is 14.4 Å². The third-order valence-electron chi connectivity index (χ3n) is 4.41. The molecule has 0 spiro atoms. The molecule has 0 fully saturated rings. The Hall–Kier alpha value is -3.61. The number of primary amides is 1. The number of hydrogen-bond acceptors (Lipinski definition) is 4. The molecular weight excluding hydrogens is 320 g/mol. The molecule has 1 unspecified atom stereocenters. The molecule has 2 heterocycles. The van der Waals surface area contributed by atoms with Crippen LogP contribution in [-0.2, 0) is 4.79 Å². The molecular formula is C18H14N4O3. The fourth-order valence-electron chi connectivity index (χ4n) is 3.32. The minimum atomic E-state index is -0.844. The molecule has 1 aromatic heterocycles. The largest absolute Gasteiger partial charge is 0.383 e. The van der Waals surface area contributed by atoms with E-state index in [1.165, 1.54) is 4.68 Å². The lowest BCUT2D eigenvalue weighted by Crippen LogP contribution is -2.38. The van der Waals surface area contributed by atoms with Crippen LogP contribution in [-0.4, -0.2) is 15.3 Å². The van der Waals surface area contributed by atoms with Crippen LogP contribution in [0.3, 0.4) is 0 Å². The molecule has 124 valence electrons. The van der Waals surface area contributed by atoms with E-state index in [1.54, 1.807) is 48.5 Å². The monoisotopic (exact) mass is 334 g/mol. The number of fused-ring (bicyclic) bond motifs is 2. The molecule has 25 heavy (non-hydrogen) atoms. The highest BCUT2D eigenvalue weighted by molar-refractivity contribution is 5.99. The summed E-state index contributed by atoms with van der Waals surface area (Å²) >= 11 is 0. The van der Waals surface area contributed by atoms with E-state index in [4.69, 9.17) is 11.5 Å². The van der Waals surface area contributed by atoms with Crippen LogP contribution in [0.15, 0.2) is 69.8 Å². The zero-order valence-corrected chi connectivity index (χ0v) is 13.0. The molecule has 2 aromatic carbocycles. The van der Waals surface area contributed by atoms with Gasteiger partial charge in [-0.15, -0.1) is 0 Å². The van der Waals surface area contributed by atoms with E-state index in [1.807, 2.05) is 6.07 Å². The van der Waals surface area contributed by atoms with Crippen molar-refractivity contribution in [2.75, 3.05) is 0 Å². The SMILES string of the molecule is NC(=O)C1=C(N)n2c(=O)c3ccccc3c(=O)n2C1c1ccccc1. The molecule has 1 amide bonds. The van der Waals surface area contributed by atoms with Gasteiger partial charge in [0.1, 0.15) is 11.9 Å². The second-order valence-electron chi connectivity index (χ2n) is 5.79. The molecule has 1 aliphatic heterocycles. The van der Waals surface area contributed by atoms with E-state index >= 15 is 0 Å². The Balaban J connectivity index is 2.19. The molecule has 0 saturated heterocycles. The highest BCUT2D eigenvalue weighted by atomic mass is 16.2. The molecule has 0 bridgehead atoms. The van der Waals surface area contributed by atoms with Crippen molar-refractivity contribution in [3.05, 3.63) is 86.4 Å². The van der Waals surface area contributed by atoms with Gasteiger partial charge in [-0.3, -0.25) is 14.4 Å². The van der Waals surface area contributed by atoms with Crippen LogP contribution in [0.4, 0.5) is 0 Å². The summed E-state index contributed by atoms with van der Waals surface area (Å²) < 4.78 is 2.25. The molecule has 4 rings (SSSR count). The Morgan fingerprint density at radius 1 is 0.880 bits per heavy atom. The summed E-state index contributed by atoms with van der Waals surface area (Å²) in [4.78, 5) is 37.9. The average Bonchev–Trinajstić information content (AvgIpc) is 2.94. The lowest BCUT2D eigenvalue weighted by molar-refractivity contribution is -0.114. The normalized spacial score (nSPS) is 16.2. The van der Waals surface area contributed by atoms with Crippen LogP contribution in [0, 0.1) is 0 Å². The summed E-state index contributed by atoms with van der Waals surface area (Å²) in [5.74, 6) is -0.889. The lowest BCUT2D eigenvalue weighted by atomic mass is 9.99. The van der Waals surface area contributed by atoms with Gasteiger partial charge in [0, 0.05) is 0 Å². The number of hydrogen-bond donors (Lipinski definition) is 2. The topological polar surface area (TPSA) is 113 Å². The third-order valence-corrected chi connectivity index (χ3v) is 4.41. The van der Waals surface area contributed by atoms with Gasteiger partial charge in [-0.25, -0.2) is 4.68 Å². The predicted octanol–water partition coefficient (Wildman–Crippen LogP) is 0.379.